The van der Waals surface area contributed by atoms with Gasteiger partial charge in [0.25, 0.3) is 0 Å². The maximum absolute atomic E-state index is 12.3. The molecule has 6 heteroatoms. The molecule has 0 aliphatic heterocycles. The monoisotopic (exact) mass is 315 g/mol. The van der Waals surface area contributed by atoms with Gasteiger partial charge in [0.15, 0.2) is 0 Å². The van der Waals surface area contributed by atoms with Crippen molar-refractivity contribution < 1.29 is 4.79 Å². The van der Waals surface area contributed by atoms with Crippen LogP contribution in [-0.4, -0.2) is 20.8 Å². The molecule has 2 amide bonds. The lowest BCUT2D eigenvalue weighted by Crippen LogP contribution is -2.42. The van der Waals surface area contributed by atoms with Gasteiger partial charge in [0, 0.05) is 7.05 Å². The van der Waals surface area contributed by atoms with Crippen molar-refractivity contribution in [2.24, 2.45) is 12.5 Å². The lowest BCUT2D eigenvalue weighted by molar-refractivity contribution is 0.217. The number of urea groups is 1. The van der Waals surface area contributed by atoms with Crippen LogP contribution in [0, 0.1) is 12.3 Å². The highest BCUT2D eigenvalue weighted by Gasteiger charge is 2.28. The lowest BCUT2D eigenvalue weighted by atomic mass is 9.81. The Morgan fingerprint density at radius 2 is 2.00 bits per heavy atom. The molecule has 0 radical (unpaired) electrons. The Morgan fingerprint density at radius 1 is 1.30 bits per heavy atom. The van der Waals surface area contributed by atoms with Gasteiger partial charge in [-0.25, -0.2) is 9.78 Å². The number of nitrogens with one attached hydrogen (secondary N) is 2. The third kappa shape index (κ3) is 4.31. The van der Waals surface area contributed by atoms with Crippen molar-refractivity contribution in [2.75, 3.05) is 0 Å². The third-order valence-corrected chi connectivity index (χ3v) is 3.85. The van der Waals surface area contributed by atoms with E-state index in [2.05, 4.69) is 60.5 Å². The van der Waals surface area contributed by atoms with Crippen LogP contribution in [0.4, 0.5) is 4.79 Å². The minimum atomic E-state index is -0.212. The van der Waals surface area contributed by atoms with Crippen molar-refractivity contribution in [1.82, 2.24) is 25.4 Å². The number of aromatic nitrogens is 3. The first-order valence-corrected chi connectivity index (χ1v) is 7.72. The summed E-state index contributed by atoms with van der Waals surface area (Å²) in [5.41, 5.74) is 2.20. The van der Waals surface area contributed by atoms with Gasteiger partial charge in [-0.2, -0.15) is 5.10 Å². The molecule has 1 aromatic carbocycles. The molecule has 0 saturated heterocycles. The number of benzene rings is 1. The van der Waals surface area contributed by atoms with Crippen LogP contribution >= 0.6 is 0 Å². The number of carbonyl (C=O) groups excluding carboxylic acids is 1. The zero-order valence-corrected chi connectivity index (χ0v) is 14.4. The zero-order valence-electron chi connectivity index (χ0n) is 14.4. The van der Waals surface area contributed by atoms with Crippen LogP contribution in [0.1, 0.15) is 43.8 Å². The van der Waals surface area contributed by atoms with E-state index in [1.807, 2.05) is 12.1 Å². The molecule has 2 N–H and O–H groups in total. The van der Waals surface area contributed by atoms with E-state index in [1.54, 1.807) is 11.7 Å². The van der Waals surface area contributed by atoms with Crippen LogP contribution in [0.3, 0.4) is 0 Å². The van der Waals surface area contributed by atoms with Gasteiger partial charge >= 0.3 is 6.03 Å². The fourth-order valence-electron chi connectivity index (χ4n) is 2.49. The van der Waals surface area contributed by atoms with E-state index in [0.717, 1.165) is 5.56 Å². The molecule has 0 aliphatic carbocycles. The van der Waals surface area contributed by atoms with Crippen molar-refractivity contribution in [3.05, 3.63) is 47.5 Å². The van der Waals surface area contributed by atoms with Crippen molar-refractivity contribution in [1.29, 1.82) is 0 Å². The average Bonchev–Trinajstić information content (AvgIpc) is 2.88. The van der Waals surface area contributed by atoms with Crippen LogP contribution < -0.4 is 10.6 Å². The largest absolute Gasteiger partial charge is 0.331 e. The number of hydrogen-bond acceptors (Lipinski definition) is 3. The minimum Gasteiger partial charge on any atom is -0.331 e. The highest BCUT2D eigenvalue weighted by molar-refractivity contribution is 5.74. The van der Waals surface area contributed by atoms with Gasteiger partial charge in [0.2, 0.25) is 0 Å². The SMILES string of the molecule is Cc1ccccc1[C@H](NC(=O)NCc1ncnn1C)C(C)(C)C. The highest BCUT2D eigenvalue weighted by Crippen LogP contribution is 2.34. The Morgan fingerprint density at radius 3 is 2.57 bits per heavy atom. The van der Waals surface area contributed by atoms with Gasteiger partial charge in [-0.1, -0.05) is 45.0 Å². The van der Waals surface area contributed by atoms with Crippen molar-refractivity contribution >= 4 is 6.03 Å². The van der Waals surface area contributed by atoms with Crippen LogP contribution in [0.5, 0.6) is 0 Å². The van der Waals surface area contributed by atoms with Crippen molar-refractivity contribution in [2.45, 2.75) is 40.3 Å². The number of amides is 2. The number of nitrogens with zero attached hydrogens (tertiary/aromatic N) is 3. The summed E-state index contributed by atoms with van der Waals surface area (Å²) in [5, 5.41) is 9.92. The van der Waals surface area contributed by atoms with Gasteiger partial charge in [-0.3, -0.25) is 4.68 Å². The van der Waals surface area contributed by atoms with E-state index in [1.165, 1.54) is 11.9 Å². The Hall–Kier alpha value is -2.37. The van der Waals surface area contributed by atoms with E-state index < -0.39 is 0 Å². The second kappa shape index (κ2) is 6.81. The van der Waals surface area contributed by atoms with Crippen molar-refractivity contribution in [3.8, 4) is 0 Å². The first-order valence-electron chi connectivity index (χ1n) is 7.72. The van der Waals surface area contributed by atoms with E-state index in [4.69, 9.17) is 0 Å². The summed E-state index contributed by atoms with van der Waals surface area (Å²) in [4.78, 5) is 16.4. The van der Waals surface area contributed by atoms with Crippen LogP contribution in [0.2, 0.25) is 0 Å². The summed E-state index contributed by atoms with van der Waals surface area (Å²) < 4.78 is 1.64. The number of hydrogen-bond donors (Lipinski definition) is 2. The molecule has 23 heavy (non-hydrogen) atoms. The fraction of sp³-hybridized carbons (Fsp3) is 0.471. The standard InChI is InChI=1S/C17H25N5O/c1-12-8-6-7-9-13(12)15(17(2,3)4)21-16(23)18-10-14-19-11-20-22(14)5/h6-9,11,15H,10H2,1-5H3,(H2,18,21,23)/t15-/m0/s1. The Labute approximate surface area is 137 Å². The summed E-state index contributed by atoms with van der Waals surface area (Å²) in [6.07, 6.45) is 1.47. The smallest absolute Gasteiger partial charge is 0.315 e. The molecule has 0 fully saturated rings. The molecule has 1 aromatic heterocycles. The Balaban J connectivity index is 2.08. The molecule has 0 saturated carbocycles. The predicted molar refractivity (Wildman–Crippen MR) is 89.7 cm³/mol. The van der Waals surface area contributed by atoms with E-state index >= 15 is 0 Å². The summed E-state index contributed by atoms with van der Waals surface area (Å²) >= 11 is 0. The summed E-state index contributed by atoms with van der Waals surface area (Å²) in [7, 11) is 1.80. The second-order valence-electron chi connectivity index (χ2n) is 6.78. The number of rotatable bonds is 4. The maximum Gasteiger partial charge on any atom is 0.315 e. The molecule has 0 unspecified atom stereocenters. The molecule has 124 valence electrons. The molecule has 0 spiro atoms. The van der Waals surface area contributed by atoms with Crippen molar-refractivity contribution in [3.63, 3.8) is 0 Å². The predicted octanol–water partition coefficient (Wildman–Crippen LogP) is 2.71. The van der Waals surface area contributed by atoms with Gasteiger partial charge in [0.1, 0.15) is 12.2 Å². The molecule has 6 nitrogen and oxygen atoms in total. The molecule has 2 aromatic rings. The van der Waals surface area contributed by atoms with E-state index in [-0.39, 0.29) is 17.5 Å². The minimum absolute atomic E-state index is 0.0804. The average molecular weight is 315 g/mol. The van der Waals surface area contributed by atoms with Crippen LogP contribution in [0.25, 0.3) is 0 Å². The number of carbonyl (C=O) groups is 1. The molecule has 2 rings (SSSR count). The van der Waals surface area contributed by atoms with Gasteiger partial charge in [0.05, 0.1) is 12.6 Å². The molecular weight excluding hydrogens is 290 g/mol. The van der Waals surface area contributed by atoms with Crippen LogP contribution in [0.15, 0.2) is 30.6 Å². The number of aryl methyl sites for hydroxylation is 2. The molecule has 1 atom stereocenters. The third-order valence-electron chi connectivity index (χ3n) is 3.85. The quantitative estimate of drug-likeness (QED) is 0.911. The summed E-state index contributed by atoms with van der Waals surface area (Å²) in [5.74, 6) is 0.711. The Bertz CT molecular complexity index is 672. The topological polar surface area (TPSA) is 71.8 Å². The zero-order chi connectivity index (χ0) is 17.0. The maximum atomic E-state index is 12.3. The van der Waals surface area contributed by atoms with Gasteiger partial charge in [-0.05, 0) is 23.5 Å². The van der Waals surface area contributed by atoms with Gasteiger partial charge in [-0.15, -0.1) is 0 Å². The normalized spacial score (nSPS) is 12.7. The first kappa shape index (κ1) is 17.0. The van der Waals surface area contributed by atoms with E-state index in [9.17, 15) is 4.79 Å². The molecule has 0 bridgehead atoms. The Kier molecular flexibility index (Phi) is 5.03. The van der Waals surface area contributed by atoms with Gasteiger partial charge < -0.3 is 10.6 Å². The molecule has 1 heterocycles. The molecule has 0 aliphatic rings. The van der Waals surface area contributed by atoms with Crippen LogP contribution in [-0.2, 0) is 13.6 Å². The molecular formula is C17H25N5O. The summed E-state index contributed by atoms with van der Waals surface area (Å²) in [6.45, 7) is 8.76. The second-order valence-corrected chi connectivity index (χ2v) is 6.78. The fourth-order valence-corrected chi connectivity index (χ4v) is 2.49. The highest BCUT2D eigenvalue weighted by atomic mass is 16.2. The first-order chi connectivity index (χ1) is 10.8. The lowest BCUT2D eigenvalue weighted by Gasteiger charge is -2.33. The van der Waals surface area contributed by atoms with E-state index in [0.29, 0.717) is 12.4 Å². The summed E-state index contributed by atoms with van der Waals surface area (Å²) in [6, 6.07) is 7.84.